The van der Waals surface area contributed by atoms with Crippen LogP contribution in [0.25, 0.3) is 0 Å². The summed E-state index contributed by atoms with van der Waals surface area (Å²) in [4.78, 5) is 12.5. The summed E-state index contributed by atoms with van der Waals surface area (Å²) in [7, 11) is 3.42. The van der Waals surface area contributed by atoms with E-state index < -0.39 is 5.60 Å². The monoisotopic (exact) mass is 349 g/mol. The minimum Gasteiger partial charge on any atom is -0.497 e. The molecular formula is C17H20ClN3O3. The smallest absolute Gasteiger partial charge is 0.252 e. The van der Waals surface area contributed by atoms with Crippen molar-refractivity contribution in [3.8, 4) is 5.75 Å². The number of aryl methyl sites for hydroxylation is 1. The third-order valence-corrected chi connectivity index (χ3v) is 4.60. The van der Waals surface area contributed by atoms with Crippen LogP contribution in [-0.2, 0) is 17.4 Å². The quantitative estimate of drug-likeness (QED) is 0.900. The molecule has 1 unspecified atom stereocenters. The van der Waals surface area contributed by atoms with Gasteiger partial charge in [-0.2, -0.15) is 5.10 Å². The van der Waals surface area contributed by atoms with Crippen LogP contribution >= 0.6 is 11.6 Å². The predicted octanol–water partition coefficient (Wildman–Crippen LogP) is 2.52. The van der Waals surface area contributed by atoms with E-state index in [4.69, 9.17) is 21.1 Å². The number of benzene rings is 1. The second kappa shape index (κ2) is 6.83. The Kier molecular flexibility index (Phi) is 4.78. The molecule has 1 aliphatic rings. The molecule has 7 heteroatoms. The summed E-state index contributed by atoms with van der Waals surface area (Å²) < 4.78 is 12.8. The molecule has 0 spiro atoms. The van der Waals surface area contributed by atoms with Gasteiger partial charge in [0.1, 0.15) is 11.4 Å². The van der Waals surface area contributed by atoms with Gasteiger partial charge in [-0.25, -0.2) is 0 Å². The van der Waals surface area contributed by atoms with Gasteiger partial charge >= 0.3 is 0 Å². The van der Waals surface area contributed by atoms with Gasteiger partial charge in [0.2, 0.25) is 0 Å². The van der Waals surface area contributed by atoms with Crippen LogP contribution in [0.15, 0.2) is 30.6 Å². The van der Waals surface area contributed by atoms with Crippen LogP contribution < -0.4 is 10.1 Å². The summed E-state index contributed by atoms with van der Waals surface area (Å²) in [5.74, 6) is 0.379. The molecule has 1 saturated heterocycles. The Morgan fingerprint density at radius 2 is 2.38 bits per heavy atom. The number of methoxy groups -OCH3 is 1. The lowest BCUT2D eigenvalue weighted by Crippen LogP contribution is -2.40. The average Bonchev–Trinajstić information content (AvgIpc) is 3.22. The first-order valence-electron chi connectivity index (χ1n) is 7.79. The molecule has 6 nitrogen and oxygen atoms in total. The zero-order valence-corrected chi connectivity index (χ0v) is 14.5. The maximum absolute atomic E-state index is 12.5. The fourth-order valence-corrected chi connectivity index (χ4v) is 3.20. The molecule has 0 aliphatic carbocycles. The van der Waals surface area contributed by atoms with Crippen molar-refractivity contribution in [3.05, 3.63) is 46.7 Å². The third kappa shape index (κ3) is 3.25. The largest absolute Gasteiger partial charge is 0.497 e. The van der Waals surface area contributed by atoms with Crippen molar-refractivity contribution in [3.63, 3.8) is 0 Å². The highest BCUT2D eigenvalue weighted by molar-refractivity contribution is 6.34. The highest BCUT2D eigenvalue weighted by Gasteiger charge is 2.38. The fraction of sp³-hybridized carbons (Fsp3) is 0.412. The van der Waals surface area contributed by atoms with E-state index in [9.17, 15) is 4.79 Å². The second-order valence-electron chi connectivity index (χ2n) is 5.88. The molecule has 24 heavy (non-hydrogen) atoms. The molecule has 128 valence electrons. The van der Waals surface area contributed by atoms with Gasteiger partial charge in [-0.3, -0.25) is 9.48 Å². The maximum atomic E-state index is 12.5. The van der Waals surface area contributed by atoms with Gasteiger partial charge in [-0.1, -0.05) is 11.6 Å². The van der Waals surface area contributed by atoms with Gasteiger partial charge in [0.25, 0.3) is 5.91 Å². The number of rotatable bonds is 5. The van der Waals surface area contributed by atoms with E-state index in [0.717, 1.165) is 18.4 Å². The van der Waals surface area contributed by atoms with Crippen molar-refractivity contribution in [1.82, 2.24) is 15.1 Å². The number of aromatic nitrogens is 2. The van der Waals surface area contributed by atoms with Crippen LogP contribution in [0.5, 0.6) is 5.75 Å². The van der Waals surface area contributed by atoms with Crippen molar-refractivity contribution in [2.24, 2.45) is 7.05 Å². The Hall–Kier alpha value is -2.05. The van der Waals surface area contributed by atoms with Crippen molar-refractivity contribution in [2.45, 2.75) is 18.4 Å². The van der Waals surface area contributed by atoms with Crippen molar-refractivity contribution < 1.29 is 14.3 Å². The lowest BCUT2D eigenvalue weighted by Gasteiger charge is -2.27. The van der Waals surface area contributed by atoms with Gasteiger partial charge in [0.15, 0.2) is 0 Å². The van der Waals surface area contributed by atoms with E-state index in [0.29, 0.717) is 29.5 Å². The summed E-state index contributed by atoms with van der Waals surface area (Å²) in [5.41, 5.74) is 0.864. The van der Waals surface area contributed by atoms with Crippen LogP contribution in [-0.4, -0.2) is 35.9 Å². The number of halogens is 1. The Labute approximate surface area is 145 Å². The highest BCUT2D eigenvalue weighted by atomic mass is 35.5. The number of nitrogens with one attached hydrogen (secondary N) is 1. The minimum atomic E-state index is -0.525. The maximum Gasteiger partial charge on any atom is 0.252 e. The molecule has 2 heterocycles. The van der Waals surface area contributed by atoms with Crippen LogP contribution in [0.3, 0.4) is 0 Å². The molecule has 1 aromatic heterocycles. The SMILES string of the molecule is COc1ccc(C(=O)NCC2(c3cnn(C)c3)CCCO2)c(Cl)c1. The van der Waals surface area contributed by atoms with Crippen LogP contribution in [0, 0.1) is 0 Å². The van der Waals surface area contributed by atoms with Crippen LogP contribution in [0.2, 0.25) is 5.02 Å². The molecule has 0 radical (unpaired) electrons. The standard InChI is InChI=1S/C17H20ClN3O3/c1-21-10-12(9-20-21)17(6-3-7-24-17)11-19-16(22)14-5-4-13(23-2)8-15(14)18/h4-5,8-10H,3,6-7,11H2,1-2H3,(H,19,22). The molecule has 0 bridgehead atoms. The number of hydrogen-bond donors (Lipinski definition) is 1. The highest BCUT2D eigenvalue weighted by Crippen LogP contribution is 2.35. The molecule has 1 amide bonds. The Bertz CT molecular complexity index is 738. The number of nitrogens with zero attached hydrogens (tertiary/aromatic N) is 2. The first-order valence-corrected chi connectivity index (χ1v) is 8.17. The van der Waals surface area contributed by atoms with Gasteiger partial charge in [0.05, 0.1) is 30.4 Å². The van der Waals surface area contributed by atoms with E-state index in [1.807, 2.05) is 13.2 Å². The summed E-state index contributed by atoms with van der Waals surface area (Å²) in [6, 6.07) is 4.99. The van der Waals surface area contributed by atoms with Gasteiger partial charge in [-0.05, 0) is 31.0 Å². The normalized spacial score (nSPS) is 20.1. The second-order valence-corrected chi connectivity index (χ2v) is 6.28. The molecule has 1 N–H and O–H groups in total. The number of carbonyl (C=O) groups is 1. The third-order valence-electron chi connectivity index (χ3n) is 4.29. The van der Waals surface area contributed by atoms with Gasteiger partial charge in [-0.15, -0.1) is 0 Å². The Morgan fingerprint density at radius 1 is 1.54 bits per heavy atom. The lowest BCUT2D eigenvalue weighted by atomic mass is 9.93. The lowest BCUT2D eigenvalue weighted by molar-refractivity contribution is 0.00130. The molecule has 2 aromatic rings. The Balaban J connectivity index is 1.74. The van der Waals surface area contributed by atoms with E-state index in [1.54, 1.807) is 36.2 Å². The summed E-state index contributed by atoms with van der Waals surface area (Å²) in [6.07, 6.45) is 5.51. The molecule has 3 rings (SSSR count). The molecule has 0 saturated carbocycles. The summed E-state index contributed by atoms with van der Waals surface area (Å²) in [6.45, 7) is 1.05. The zero-order chi connectivity index (χ0) is 17.2. The topological polar surface area (TPSA) is 65.4 Å². The van der Waals surface area contributed by atoms with E-state index >= 15 is 0 Å². The minimum absolute atomic E-state index is 0.235. The van der Waals surface area contributed by atoms with Crippen molar-refractivity contribution in [2.75, 3.05) is 20.3 Å². The molecule has 1 aromatic carbocycles. The van der Waals surface area contributed by atoms with Gasteiger partial charge < -0.3 is 14.8 Å². The van der Waals surface area contributed by atoms with Crippen molar-refractivity contribution >= 4 is 17.5 Å². The van der Waals surface area contributed by atoms with E-state index in [1.165, 1.54) is 0 Å². The fourth-order valence-electron chi connectivity index (χ4n) is 2.95. The molecule has 1 atom stereocenters. The number of amides is 1. The van der Waals surface area contributed by atoms with Gasteiger partial charge in [0, 0.05) is 25.4 Å². The number of carbonyl (C=O) groups excluding carboxylic acids is 1. The van der Waals surface area contributed by atoms with Crippen LogP contribution in [0.4, 0.5) is 0 Å². The first-order chi connectivity index (χ1) is 11.5. The number of ether oxygens (including phenoxy) is 2. The Morgan fingerprint density at radius 3 is 2.96 bits per heavy atom. The molecular weight excluding hydrogens is 330 g/mol. The zero-order valence-electron chi connectivity index (χ0n) is 13.7. The first kappa shape index (κ1) is 16.8. The van der Waals surface area contributed by atoms with Crippen LogP contribution in [0.1, 0.15) is 28.8 Å². The van der Waals surface area contributed by atoms with Crippen molar-refractivity contribution in [1.29, 1.82) is 0 Å². The summed E-state index contributed by atoms with van der Waals surface area (Å²) in [5, 5.41) is 7.51. The molecule has 1 fully saturated rings. The molecule has 1 aliphatic heterocycles. The van der Waals surface area contributed by atoms with E-state index in [-0.39, 0.29) is 5.91 Å². The average molecular weight is 350 g/mol. The number of hydrogen-bond acceptors (Lipinski definition) is 4. The van der Waals surface area contributed by atoms with E-state index in [2.05, 4.69) is 10.4 Å². The summed E-state index contributed by atoms with van der Waals surface area (Å²) >= 11 is 6.17. The predicted molar refractivity (Wildman–Crippen MR) is 90.4 cm³/mol.